The molecule has 1 aliphatic heterocycles. The number of carbonyl (C=O) groups is 1. The second-order valence-electron chi connectivity index (χ2n) is 4.68. The lowest BCUT2D eigenvalue weighted by atomic mass is 10.1. The summed E-state index contributed by atoms with van der Waals surface area (Å²) >= 11 is 0. The number of hydrogen-bond donors (Lipinski definition) is 2. The minimum absolute atomic E-state index is 0.0872. The van der Waals surface area contributed by atoms with Crippen LogP contribution in [0.4, 0.5) is 4.79 Å². The number of nitrogens with zero attached hydrogens (tertiary/aromatic N) is 2. The maximum absolute atomic E-state index is 11.5. The molecule has 0 aliphatic carbocycles. The Balaban J connectivity index is 1.99. The van der Waals surface area contributed by atoms with Gasteiger partial charge in [-0.1, -0.05) is 24.3 Å². The van der Waals surface area contributed by atoms with Gasteiger partial charge < -0.3 is 16.0 Å². The first kappa shape index (κ1) is 11.9. The van der Waals surface area contributed by atoms with Crippen LogP contribution < -0.4 is 11.1 Å². The van der Waals surface area contributed by atoms with Crippen LogP contribution in [0.2, 0.25) is 0 Å². The van der Waals surface area contributed by atoms with Crippen LogP contribution in [0.25, 0.3) is 10.9 Å². The predicted octanol–water partition coefficient (Wildman–Crippen LogP) is 1.26. The zero-order chi connectivity index (χ0) is 13.2. The van der Waals surface area contributed by atoms with Crippen LogP contribution in [0.15, 0.2) is 36.4 Å². The van der Waals surface area contributed by atoms with E-state index in [4.69, 9.17) is 5.73 Å². The van der Waals surface area contributed by atoms with Crippen LogP contribution in [0.1, 0.15) is 11.7 Å². The number of urea groups is 1. The number of para-hydroxylation sites is 1. The Bertz CT molecular complexity index is 613. The lowest BCUT2D eigenvalue weighted by Gasteiger charge is -2.34. The number of nitrogens with two attached hydrogens (primary N) is 1. The summed E-state index contributed by atoms with van der Waals surface area (Å²) in [5.74, 6) is 0. The Labute approximate surface area is 111 Å². The number of primary amides is 1. The molecule has 2 heterocycles. The minimum atomic E-state index is -0.388. The smallest absolute Gasteiger partial charge is 0.315 e. The van der Waals surface area contributed by atoms with Crippen LogP contribution >= 0.6 is 0 Å². The van der Waals surface area contributed by atoms with Crippen LogP contribution in [0.3, 0.4) is 0 Å². The van der Waals surface area contributed by atoms with Crippen LogP contribution in [-0.4, -0.2) is 35.5 Å². The molecule has 3 rings (SSSR count). The molecule has 1 saturated heterocycles. The summed E-state index contributed by atoms with van der Waals surface area (Å²) in [6.07, 6.45) is 0. The van der Waals surface area contributed by atoms with E-state index >= 15 is 0 Å². The normalized spacial score (nSPS) is 19.6. The van der Waals surface area contributed by atoms with Crippen molar-refractivity contribution in [3.63, 3.8) is 0 Å². The number of carbonyl (C=O) groups excluding carboxylic acids is 1. The van der Waals surface area contributed by atoms with Gasteiger partial charge in [0.05, 0.1) is 17.3 Å². The maximum atomic E-state index is 11.5. The zero-order valence-corrected chi connectivity index (χ0v) is 10.5. The number of piperazine rings is 1. The number of hydrogen-bond acceptors (Lipinski definition) is 3. The van der Waals surface area contributed by atoms with E-state index in [9.17, 15) is 4.79 Å². The van der Waals surface area contributed by atoms with Crippen molar-refractivity contribution in [2.45, 2.75) is 6.04 Å². The second kappa shape index (κ2) is 4.85. The summed E-state index contributed by atoms with van der Waals surface area (Å²) < 4.78 is 0. The van der Waals surface area contributed by atoms with Crippen molar-refractivity contribution >= 4 is 16.9 Å². The fourth-order valence-corrected chi connectivity index (χ4v) is 2.50. The van der Waals surface area contributed by atoms with Gasteiger partial charge in [0.2, 0.25) is 0 Å². The highest BCUT2D eigenvalue weighted by molar-refractivity contribution is 5.78. The Kier molecular flexibility index (Phi) is 3.05. The number of pyridine rings is 1. The third-order valence-corrected chi connectivity index (χ3v) is 3.49. The summed E-state index contributed by atoms with van der Waals surface area (Å²) in [6, 6.07) is 11.5. The molecule has 0 radical (unpaired) electrons. The van der Waals surface area contributed by atoms with Gasteiger partial charge in [-0.05, 0) is 12.1 Å². The highest BCUT2D eigenvalue weighted by atomic mass is 16.2. The highest BCUT2D eigenvalue weighted by Crippen LogP contribution is 2.22. The van der Waals surface area contributed by atoms with E-state index in [-0.39, 0.29) is 12.1 Å². The van der Waals surface area contributed by atoms with Gasteiger partial charge in [0.25, 0.3) is 0 Å². The molecule has 0 spiro atoms. The standard InChI is InChI=1S/C14H16N4O/c15-14(19)18-8-7-16-9-13(18)12-6-5-10-3-1-2-4-11(10)17-12/h1-6,13,16H,7-9H2,(H2,15,19). The number of amides is 2. The molecule has 1 fully saturated rings. The third-order valence-electron chi connectivity index (χ3n) is 3.49. The van der Waals surface area contributed by atoms with Gasteiger partial charge in [0.15, 0.2) is 0 Å². The average molecular weight is 256 g/mol. The van der Waals surface area contributed by atoms with Crippen molar-refractivity contribution < 1.29 is 4.79 Å². The summed E-state index contributed by atoms with van der Waals surface area (Å²) in [4.78, 5) is 17.8. The molecule has 0 bridgehead atoms. The van der Waals surface area contributed by atoms with E-state index in [1.807, 2.05) is 36.4 Å². The molecule has 1 atom stereocenters. The van der Waals surface area contributed by atoms with Gasteiger partial charge in [-0.25, -0.2) is 4.79 Å². The molecule has 1 aromatic heterocycles. The monoisotopic (exact) mass is 256 g/mol. The molecule has 19 heavy (non-hydrogen) atoms. The molecular formula is C14H16N4O. The van der Waals surface area contributed by atoms with Gasteiger partial charge in [-0.2, -0.15) is 0 Å². The summed E-state index contributed by atoms with van der Waals surface area (Å²) in [5.41, 5.74) is 7.26. The van der Waals surface area contributed by atoms with Crippen LogP contribution in [0.5, 0.6) is 0 Å². The number of fused-ring (bicyclic) bond motifs is 1. The molecule has 98 valence electrons. The molecule has 5 nitrogen and oxygen atoms in total. The van der Waals surface area contributed by atoms with Crippen LogP contribution in [-0.2, 0) is 0 Å². The zero-order valence-electron chi connectivity index (χ0n) is 10.5. The van der Waals surface area contributed by atoms with Gasteiger partial charge in [0.1, 0.15) is 0 Å². The SMILES string of the molecule is NC(=O)N1CCNCC1c1ccc2ccccc2n1. The minimum Gasteiger partial charge on any atom is -0.351 e. The lowest BCUT2D eigenvalue weighted by molar-refractivity contribution is 0.165. The van der Waals surface area contributed by atoms with Crippen molar-refractivity contribution in [1.29, 1.82) is 0 Å². The molecule has 2 aromatic rings. The largest absolute Gasteiger partial charge is 0.351 e. The van der Waals surface area contributed by atoms with E-state index in [1.165, 1.54) is 0 Å². The number of aromatic nitrogens is 1. The fraction of sp³-hybridized carbons (Fsp3) is 0.286. The quantitative estimate of drug-likeness (QED) is 0.807. The van der Waals surface area contributed by atoms with Crippen molar-refractivity contribution in [2.75, 3.05) is 19.6 Å². The van der Waals surface area contributed by atoms with Crippen molar-refractivity contribution in [2.24, 2.45) is 5.73 Å². The fourth-order valence-electron chi connectivity index (χ4n) is 2.50. The summed E-state index contributed by atoms with van der Waals surface area (Å²) in [7, 11) is 0. The third kappa shape index (κ3) is 2.24. The molecular weight excluding hydrogens is 240 g/mol. The van der Waals surface area contributed by atoms with Crippen molar-refractivity contribution in [1.82, 2.24) is 15.2 Å². The van der Waals surface area contributed by atoms with E-state index in [0.717, 1.165) is 23.1 Å². The first-order chi connectivity index (χ1) is 9.25. The Morgan fingerprint density at radius 1 is 1.32 bits per heavy atom. The van der Waals surface area contributed by atoms with Crippen LogP contribution in [0, 0.1) is 0 Å². The van der Waals surface area contributed by atoms with Gasteiger partial charge in [-0.15, -0.1) is 0 Å². The second-order valence-corrected chi connectivity index (χ2v) is 4.68. The number of benzene rings is 1. The molecule has 2 amide bonds. The van der Waals surface area contributed by atoms with E-state index in [1.54, 1.807) is 4.90 Å². The highest BCUT2D eigenvalue weighted by Gasteiger charge is 2.27. The van der Waals surface area contributed by atoms with Crippen molar-refractivity contribution in [3.8, 4) is 0 Å². The topological polar surface area (TPSA) is 71.2 Å². The molecule has 5 heteroatoms. The first-order valence-electron chi connectivity index (χ1n) is 6.38. The Morgan fingerprint density at radius 3 is 3.00 bits per heavy atom. The molecule has 3 N–H and O–H groups in total. The maximum Gasteiger partial charge on any atom is 0.315 e. The lowest BCUT2D eigenvalue weighted by Crippen LogP contribution is -2.50. The summed E-state index contributed by atoms with van der Waals surface area (Å²) in [5, 5.41) is 4.37. The molecule has 1 aliphatic rings. The number of nitrogens with one attached hydrogen (secondary N) is 1. The molecule has 1 aromatic carbocycles. The van der Waals surface area contributed by atoms with Gasteiger partial charge in [-0.3, -0.25) is 4.98 Å². The predicted molar refractivity (Wildman–Crippen MR) is 73.6 cm³/mol. The van der Waals surface area contributed by atoms with E-state index in [2.05, 4.69) is 10.3 Å². The Morgan fingerprint density at radius 2 is 2.16 bits per heavy atom. The van der Waals surface area contributed by atoms with Gasteiger partial charge >= 0.3 is 6.03 Å². The Hall–Kier alpha value is -2.14. The molecule has 0 saturated carbocycles. The first-order valence-corrected chi connectivity index (χ1v) is 6.38. The number of rotatable bonds is 1. The van der Waals surface area contributed by atoms with Gasteiger partial charge in [0, 0.05) is 25.0 Å². The van der Waals surface area contributed by atoms with Crippen molar-refractivity contribution in [3.05, 3.63) is 42.1 Å². The van der Waals surface area contributed by atoms with E-state index in [0.29, 0.717) is 13.1 Å². The van der Waals surface area contributed by atoms with E-state index < -0.39 is 0 Å². The average Bonchev–Trinajstić information content (AvgIpc) is 2.46. The summed E-state index contributed by atoms with van der Waals surface area (Å²) in [6.45, 7) is 2.08. The molecule has 1 unspecified atom stereocenters.